The Morgan fingerprint density at radius 1 is 1.27 bits per heavy atom. The lowest BCUT2D eigenvalue weighted by Crippen LogP contribution is -2.33. The van der Waals surface area contributed by atoms with E-state index in [1.165, 1.54) is 0 Å². The third-order valence-corrected chi connectivity index (χ3v) is 1.67. The van der Waals surface area contributed by atoms with Gasteiger partial charge in [0.25, 0.3) is 0 Å². The monoisotopic (exact) mass is 161 g/mol. The Morgan fingerprint density at radius 2 is 1.73 bits per heavy atom. The van der Waals surface area contributed by atoms with Crippen LogP contribution in [0.4, 0.5) is 0 Å². The smallest absolute Gasteiger partial charge is 0.0471 e. The Balaban J connectivity index is 0. The van der Waals surface area contributed by atoms with Crippen molar-refractivity contribution < 1.29 is 5.11 Å². The van der Waals surface area contributed by atoms with Crippen molar-refractivity contribution in [3.05, 3.63) is 0 Å². The van der Waals surface area contributed by atoms with E-state index in [2.05, 4.69) is 19.2 Å². The van der Waals surface area contributed by atoms with Crippen molar-refractivity contribution in [2.75, 3.05) is 13.2 Å². The summed E-state index contributed by atoms with van der Waals surface area (Å²) in [5, 5.41) is 11.9. The van der Waals surface area contributed by atoms with Crippen molar-refractivity contribution in [2.24, 2.45) is 5.92 Å². The van der Waals surface area contributed by atoms with Gasteiger partial charge in [0.1, 0.15) is 0 Å². The van der Waals surface area contributed by atoms with Crippen molar-refractivity contribution in [1.82, 2.24) is 5.32 Å². The Kier molecular flexibility index (Phi) is 12.2. The van der Waals surface area contributed by atoms with Gasteiger partial charge in [0.2, 0.25) is 0 Å². The van der Waals surface area contributed by atoms with Crippen LogP contribution in [0, 0.1) is 5.92 Å². The molecule has 11 heavy (non-hydrogen) atoms. The number of hydrogen-bond donors (Lipinski definition) is 2. The minimum Gasteiger partial charge on any atom is -0.396 e. The van der Waals surface area contributed by atoms with Crippen LogP contribution >= 0.6 is 0 Å². The molecule has 0 rings (SSSR count). The molecule has 0 amide bonds. The van der Waals surface area contributed by atoms with Crippen LogP contribution in [-0.2, 0) is 0 Å². The molecule has 0 heterocycles. The van der Waals surface area contributed by atoms with E-state index in [1.54, 1.807) is 0 Å². The number of aliphatic hydroxyl groups is 1. The molecule has 0 fully saturated rings. The van der Waals surface area contributed by atoms with Crippen LogP contribution in [-0.4, -0.2) is 24.3 Å². The molecule has 0 saturated heterocycles. The van der Waals surface area contributed by atoms with Gasteiger partial charge < -0.3 is 10.4 Å². The molecule has 0 aromatic rings. The highest BCUT2D eigenvalue weighted by Gasteiger charge is 2.07. The Bertz CT molecular complexity index is 66.6. The summed E-state index contributed by atoms with van der Waals surface area (Å²) in [6, 6.07) is 0.431. The van der Waals surface area contributed by atoms with Crippen LogP contribution in [0.1, 0.15) is 34.6 Å². The van der Waals surface area contributed by atoms with Crippen molar-refractivity contribution in [2.45, 2.75) is 40.7 Å². The van der Waals surface area contributed by atoms with Crippen LogP contribution < -0.4 is 5.32 Å². The van der Waals surface area contributed by atoms with E-state index >= 15 is 0 Å². The molecule has 0 saturated carbocycles. The minimum atomic E-state index is 0.272. The standard InChI is InChI=1S/C7H17NO.C2H6/c1-4-8-7(3)6(2)5-9;1-2/h6-9H,4-5H2,1-3H3;1-2H3. The van der Waals surface area contributed by atoms with E-state index < -0.39 is 0 Å². The molecule has 2 N–H and O–H groups in total. The number of nitrogens with one attached hydrogen (secondary N) is 1. The maximum absolute atomic E-state index is 8.69. The first-order valence-corrected chi connectivity index (χ1v) is 4.56. The van der Waals surface area contributed by atoms with Gasteiger partial charge in [-0.05, 0) is 19.4 Å². The SMILES string of the molecule is CC.CCNC(C)C(C)CO. The molecule has 70 valence electrons. The third kappa shape index (κ3) is 7.82. The fourth-order valence-electron chi connectivity index (χ4n) is 0.681. The molecule has 2 atom stereocenters. The van der Waals surface area contributed by atoms with Gasteiger partial charge in [0.15, 0.2) is 0 Å². The van der Waals surface area contributed by atoms with Crippen LogP contribution in [0.3, 0.4) is 0 Å². The van der Waals surface area contributed by atoms with E-state index in [1.807, 2.05) is 20.8 Å². The molecular weight excluding hydrogens is 138 g/mol. The number of rotatable bonds is 4. The predicted octanol–water partition coefficient (Wildman–Crippen LogP) is 1.64. The Morgan fingerprint density at radius 3 is 2.00 bits per heavy atom. The van der Waals surface area contributed by atoms with Crippen LogP contribution in [0.15, 0.2) is 0 Å². The molecule has 0 aromatic carbocycles. The van der Waals surface area contributed by atoms with E-state index in [-0.39, 0.29) is 6.61 Å². The van der Waals surface area contributed by atoms with Crippen molar-refractivity contribution in [3.63, 3.8) is 0 Å². The van der Waals surface area contributed by atoms with Gasteiger partial charge in [-0.25, -0.2) is 0 Å². The summed E-state index contributed by atoms with van der Waals surface area (Å²) in [5.74, 6) is 0.366. The lowest BCUT2D eigenvalue weighted by molar-refractivity contribution is 0.208. The fourth-order valence-corrected chi connectivity index (χ4v) is 0.681. The third-order valence-electron chi connectivity index (χ3n) is 1.67. The zero-order valence-electron chi connectivity index (χ0n) is 8.52. The maximum Gasteiger partial charge on any atom is 0.0471 e. The summed E-state index contributed by atoms with van der Waals surface area (Å²) >= 11 is 0. The number of hydrogen-bond acceptors (Lipinski definition) is 2. The first-order chi connectivity index (χ1) is 5.22. The molecule has 0 radical (unpaired) electrons. The fraction of sp³-hybridized carbons (Fsp3) is 1.00. The molecular formula is C9H23NO. The average molecular weight is 161 g/mol. The van der Waals surface area contributed by atoms with Crippen molar-refractivity contribution in [3.8, 4) is 0 Å². The van der Waals surface area contributed by atoms with Gasteiger partial charge in [-0.2, -0.15) is 0 Å². The maximum atomic E-state index is 8.69. The molecule has 2 heteroatoms. The minimum absolute atomic E-state index is 0.272. The van der Waals surface area contributed by atoms with Gasteiger partial charge in [0.05, 0.1) is 0 Å². The van der Waals surface area contributed by atoms with E-state index in [9.17, 15) is 0 Å². The zero-order chi connectivity index (χ0) is 9.28. The summed E-state index contributed by atoms with van der Waals surface area (Å²) in [5.41, 5.74) is 0. The van der Waals surface area contributed by atoms with E-state index in [4.69, 9.17) is 5.11 Å². The lowest BCUT2D eigenvalue weighted by atomic mass is 10.1. The second kappa shape index (κ2) is 9.92. The summed E-state index contributed by atoms with van der Waals surface area (Å²) in [4.78, 5) is 0. The Labute approximate surface area is 71.0 Å². The average Bonchev–Trinajstić information content (AvgIpc) is 2.07. The molecule has 0 spiro atoms. The van der Waals surface area contributed by atoms with Gasteiger partial charge >= 0.3 is 0 Å². The quantitative estimate of drug-likeness (QED) is 0.657. The largest absolute Gasteiger partial charge is 0.396 e. The van der Waals surface area contributed by atoms with Gasteiger partial charge in [-0.15, -0.1) is 0 Å². The van der Waals surface area contributed by atoms with E-state index in [0.717, 1.165) is 6.54 Å². The summed E-state index contributed by atoms with van der Waals surface area (Å²) in [7, 11) is 0. The molecule has 0 aliphatic carbocycles. The summed E-state index contributed by atoms with van der Waals surface area (Å²) < 4.78 is 0. The first-order valence-electron chi connectivity index (χ1n) is 4.56. The number of aliphatic hydroxyl groups excluding tert-OH is 1. The van der Waals surface area contributed by atoms with Crippen LogP contribution in [0.2, 0.25) is 0 Å². The van der Waals surface area contributed by atoms with E-state index in [0.29, 0.717) is 12.0 Å². The van der Waals surface area contributed by atoms with Crippen LogP contribution in [0.25, 0.3) is 0 Å². The van der Waals surface area contributed by atoms with Gasteiger partial charge in [0, 0.05) is 12.6 Å². The highest BCUT2D eigenvalue weighted by Crippen LogP contribution is 1.98. The molecule has 0 aliphatic rings. The predicted molar refractivity (Wildman–Crippen MR) is 50.7 cm³/mol. The molecule has 0 bridgehead atoms. The second-order valence-electron chi connectivity index (χ2n) is 2.51. The van der Waals surface area contributed by atoms with Crippen LogP contribution in [0.5, 0.6) is 0 Å². The normalized spacial score (nSPS) is 14.7. The van der Waals surface area contributed by atoms with Crippen molar-refractivity contribution in [1.29, 1.82) is 0 Å². The molecule has 0 aromatic heterocycles. The molecule has 2 unspecified atom stereocenters. The topological polar surface area (TPSA) is 32.3 Å². The highest BCUT2D eigenvalue weighted by atomic mass is 16.3. The summed E-state index contributed by atoms with van der Waals surface area (Å²) in [6.45, 7) is 11.4. The van der Waals surface area contributed by atoms with Gasteiger partial charge in [-0.3, -0.25) is 0 Å². The Hall–Kier alpha value is -0.0800. The molecule has 0 aliphatic heterocycles. The second-order valence-corrected chi connectivity index (χ2v) is 2.51. The molecule has 2 nitrogen and oxygen atoms in total. The van der Waals surface area contributed by atoms with Crippen molar-refractivity contribution >= 4 is 0 Å². The van der Waals surface area contributed by atoms with Gasteiger partial charge in [-0.1, -0.05) is 27.7 Å². The zero-order valence-corrected chi connectivity index (χ0v) is 8.52. The first kappa shape index (κ1) is 13.5. The highest BCUT2D eigenvalue weighted by molar-refractivity contribution is 4.65. The lowest BCUT2D eigenvalue weighted by Gasteiger charge is -2.17. The summed E-state index contributed by atoms with van der Waals surface area (Å²) in [6.07, 6.45) is 0.